The molecule has 0 aromatic carbocycles. The van der Waals surface area contributed by atoms with Gasteiger partial charge in [-0.1, -0.05) is 0 Å². The molecule has 136 valence electrons. The third kappa shape index (κ3) is 3.52. The second-order valence-corrected chi connectivity index (χ2v) is 8.05. The van der Waals surface area contributed by atoms with Gasteiger partial charge in [0, 0.05) is 45.0 Å². The number of carbonyl (C=O) groups excluding carboxylic acids is 1. The fourth-order valence-electron chi connectivity index (χ4n) is 4.34. The standard InChI is InChI=1S/C18H24F2N4O/c1-13-6-21-7-15(22-13)9-23-11-17(10-18(19,20)12-23)4-5-24(16(17)25)8-14-2-3-14/h6-7,14H,2-5,8-12H2,1H3. The van der Waals surface area contributed by atoms with Crippen molar-refractivity contribution in [3.63, 3.8) is 0 Å². The fourth-order valence-corrected chi connectivity index (χ4v) is 4.34. The van der Waals surface area contributed by atoms with Crippen LogP contribution in [0.15, 0.2) is 12.4 Å². The molecule has 0 radical (unpaired) electrons. The SMILES string of the molecule is Cc1cncc(CN2CC(F)(F)CC3(CCN(CC4CC4)C3=O)C2)n1. The van der Waals surface area contributed by atoms with Crippen LogP contribution in [0.1, 0.15) is 37.1 Å². The summed E-state index contributed by atoms with van der Waals surface area (Å²) in [5.41, 5.74) is 0.505. The van der Waals surface area contributed by atoms with Gasteiger partial charge in [0.25, 0.3) is 5.92 Å². The lowest BCUT2D eigenvalue weighted by molar-refractivity contribution is -0.155. The molecular weight excluding hydrogens is 326 g/mol. The molecule has 1 saturated carbocycles. The molecule has 7 heteroatoms. The largest absolute Gasteiger partial charge is 0.342 e. The molecule has 3 fully saturated rings. The first-order chi connectivity index (χ1) is 11.9. The Hall–Kier alpha value is -1.63. The van der Waals surface area contributed by atoms with Gasteiger partial charge in [-0.2, -0.15) is 0 Å². The zero-order chi connectivity index (χ0) is 17.7. The normalized spacial score (nSPS) is 29.6. The van der Waals surface area contributed by atoms with Crippen LogP contribution in [0.3, 0.4) is 0 Å². The number of rotatable bonds is 4. The van der Waals surface area contributed by atoms with Crippen LogP contribution in [0.5, 0.6) is 0 Å². The molecule has 0 bridgehead atoms. The van der Waals surface area contributed by atoms with Crippen LogP contribution < -0.4 is 0 Å². The zero-order valence-corrected chi connectivity index (χ0v) is 14.5. The van der Waals surface area contributed by atoms with E-state index < -0.39 is 11.3 Å². The van der Waals surface area contributed by atoms with Crippen molar-refractivity contribution in [3.05, 3.63) is 23.8 Å². The van der Waals surface area contributed by atoms with Crippen LogP contribution >= 0.6 is 0 Å². The predicted molar refractivity (Wildman–Crippen MR) is 88.0 cm³/mol. The molecule has 1 amide bonds. The number of piperidine rings is 1. The Morgan fingerprint density at radius 3 is 2.80 bits per heavy atom. The number of hydrogen-bond acceptors (Lipinski definition) is 4. The van der Waals surface area contributed by atoms with Crippen molar-refractivity contribution in [1.29, 1.82) is 0 Å². The van der Waals surface area contributed by atoms with Crippen LogP contribution in [0.25, 0.3) is 0 Å². The first-order valence-corrected chi connectivity index (χ1v) is 9.02. The number of hydrogen-bond donors (Lipinski definition) is 0. The van der Waals surface area contributed by atoms with Crippen LogP contribution in [0.2, 0.25) is 0 Å². The van der Waals surface area contributed by atoms with Crippen molar-refractivity contribution in [2.24, 2.45) is 11.3 Å². The van der Waals surface area contributed by atoms with E-state index in [-0.39, 0.29) is 18.9 Å². The molecule has 3 heterocycles. The highest BCUT2D eigenvalue weighted by Crippen LogP contribution is 2.46. The number of halogens is 2. The van der Waals surface area contributed by atoms with Gasteiger partial charge in [-0.15, -0.1) is 0 Å². The second-order valence-electron chi connectivity index (χ2n) is 8.05. The molecule has 4 rings (SSSR count). The van der Waals surface area contributed by atoms with Crippen molar-refractivity contribution in [2.75, 3.05) is 26.2 Å². The van der Waals surface area contributed by atoms with E-state index in [1.807, 2.05) is 11.8 Å². The molecule has 0 N–H and O–H groups in total. The Morgan fingerprint density at radius 1 is 1.28 bits per heavy atom. The van der Waals surface area contributed by atoms with Gasteiger partial charge in [-0.25, -0.2) is 8.78 Å². The molecule has 1 spiro atoms. The van der Waals surface area contributed by atoms with Crippen molar-refractivity contribution in [2.45, 2.75) is 45.1 Å². The Bertz CT molecular complexity index is 679. The summed E-state index contributed by atoms with van der Waals surface area (Å²) in [6.07, 6.45) is 5.78. The van der Waals surface area contributed by atoms with Gasteiger partial charge in [0.1, 0.15) is 0 Å². The molecule has 3 aliphatic rings. The molecule has 1 aromatic heterocycles. The minimum absolute atomic E-state index is 0.0703. The average molecular weight is 350 g/mol. The molecule has 2 saturated heterocycles. The molecular formula is C18H24F2N4O. The zero-order valence-electron chi connectivity index (χ0n) is 14.5. The van der Waals surface area contributed by atoms with Crippen molar-refractivity contribution < 1.29 is 13.6 Å². The van der Waals surface area contributed by atoms with Gasteiger partial charge in [0.15, 0.2) is 0 Å². The van der Waals surface area contributed by atoms with Crippen molar-refractivity contribution in [1.82, 2.24) is 19.8 Å². The number of amides is 1. The summed E-state index contributed by atoms with van der Waals surface area (Å²) in [5, 5.41) is 0. The highest BCUT2D eigenvalue weighted by atomic mass is 19.3. The second kappa shape index (κ2) is 5.97. The van der Waals surface area contributed by atoms with E-state index in [9.17, 15) is 13.6 Å². The third-order valence-electron chi connectivity index (χ3n) is 5.55. The number of alkyl halides is 2. The Balaban J connectivity index is 1.51. The minimum Gasteiger partial charge on any atom is -0.342 e. The van der Waals surface area contributed by atoms with E-state index in [1.54, 1.807) is 17.3 Å². The van der Waals surface area contributed by atoms with E-state index in [0.29, 0.717) is 37.7 Å². The fraction of sp³-hybridized carbons (Fsp3) is 0.722. The summed E-state index contributed by atoms with van der Waals surface area (Å²) in [5.74, 6) is -2.33. The number of carbonyl (C=O) groups is 1. The average Bonchev–Trinajstić information content (AvgIpc) is 3.28. The maximum Gasteiger partial charge on any atom is 0.261 e. The molecule has 1 aliphatic carbocycles. The third-order valence-corrected chi connectivity index (χ3v) is 5.55. The lowest BCUT2D eigenvalue weighted by atomic mass is 9.77. The van der Waals surface area contributed by atoms with Crippen molar-refractivity contribution >= 4 is 5.91 Å². The van der Waals surface area contributed by atoms with Crippen LogP contribution in [-0.4, -0.2) is 57.8 Å². The molecule has 2 aliphatic heterocycles. The quantitative estimate of drug-likeness (QED) is 0.836. The van der Waals surface area contributed by atoms with E-state index >= 15 is 0 Å². The topological polar surface area (TPSA) is 49.3 Å². The smallest absolute Gasteiger partial charge is 0.261 e. The molecule has 1 unspecified atom stereocenters. The van der Waals surface area contributed by atoms with Gasteiger partial charge < -0.3 is 4.90 Å². The minimum atomic E-state index is -2.85. The number of likely N-dealkylation sites (tertiary alicyclic amines) is 2. The molecule has 1 aromatic rings. The summed E-state index contributed by atoms with van der Waals surface area (Å²) in [6.45, 7) is 3.57. The maximum absolute atomic E-state index is 14.5. The number of aryl methyl sites for hydroxylation is 1. The lowest BCUT2D eigenvalue weighted by Crippen LogP contribution is -2.55. The summed E-state index contributed by atoms with van der Waals surface area (Å²) >= 11 is 0. The highest BCUT2D eigenvalue weighted by Gasteiger charge is 2.57. The first kappa shape index (κ1) is 16.8. The predicted octanol–water partition coefficient (Wildman–Crippen LogP) is 2.25. The molecule has 1 atom stereocenters. The van der Waals surface area contributed by atoms with Gasteiger partial charge in [0.05, 0.1) is 23.3 Å². The van der Waals surface area contributed by atoms with E-state index in [2.05, 4.69) is 9.97 Å². The van der Waals surface area contributed by atoms with Gasteiger partial charge >= 0.3 is 0 Å². The Morgan fingerprint density at radius 2 is 2.08 bits per heavy atom. The van der Waals surface area contributed by atoms with Crippen LogP contribution in [0, 0.1) is 18.3 Å². The Labute approximate surface area is 146 Å². The maximum atomic E-state index is 14.5. The summed E-state index contributed by atoms with van der Waals surface area (Å²) in [4.78, 5) is 24.9. The summed E-state index contributed by atoms with van der Waals surface area (Å²) < 4.78 is 28.9. The van der Waals surface area contributed by atoms with E-state index in [0.717, 1.165) is 25.1 Å². The monoisotopic (exact) mass is 350 g/mol. The first-order valence-electron chi connectivity index (χ1n) is 9.02. The lowest BCUT2D eigenvalue weighted by Gasteiger charge is -2.42. The molecule has 5 nitrogen and oxygen atoms in total. The van der Waals surface area contributed by atoms with E-state index in [4.69, 9.17) is 0 Å². The molecule has 25 heavy (non-hydrogen) atoms. The van der Waals surface area contributed by atoms with E-state index in [1.165, 1.54) is 0 Å². The number of nitrogens with zero attached hydrogens (tertiary/aromatic N) is 4. The van der Waals surface area contributed by atoms with Crippen molar-refractivity contribution in [3.8, 4) is 0 Å². The van der Waals surface area contributed by atoms with Crippen LogP contribution in [0.4, 0.5) is 8.78 Å². The van der Waals surface area contributed by atoms with Gasteiger partial charge in [0.2, 0.25) is 5.91 Å². The highest BCUT2D eigenvalue weighted by molar-refractivity contribution is 5.85. The van der Waals surface area contributed by atoms with Gasteiger partial charge in [-0.3, -0.25) is 19.7 Å². The van der Waals surface area contributed by atoms with Gasteiger partial charge in [-0.05, 0) is 32.1 Å². The summed E-state index contributed by atoms with van der Waals surface area (Å²) in [6, 6.07) is 0. The van der Waals surface area contributed by atoms with Crippen LogP contribution in [-0.2, 0) is 11.3 Å². The Kier molecular flexibility index (Phi) is 4.02. The number of aromatic nitrogens is 2. The summed E-state index contributed by atoms with van der Waals surface area (Å²) in [7, 11) is 0.